The normalized spacial score (nSPS) is 16.6. The molecule has 0 saturated carbocycles. The molecule has 2 heterocycles. The van der Waals surface area contributed by atoms with Crippen LogP contribution < -0.4 is 0 Å². The van der Waals surface area contributed by atoms with Crippen molar-refractivity contribution in [2.24, 2.45) is 7.05 Å². The molecule has 0 N–H and O–H groups in total. The zero-order valence-electron chi connectivity index (χ0n) is 14.8. The molecular weight excluding hydrogens is 307 g/mol. The van der Waals surface area contributed by atoms with E-state index in [1.807, 2.05) is 38.5 Å². The number of aromatic nitrogens is 1. The summed E-state index contributed by atoms with van der Waals surface area (Å²) in [6, 6.07) is 4.94. The van der Waals surface area contributed by atoms with Gasteiger partial charge in [0.2, 0.25) is 0 Å². The maximum atomic E-state index is 13.6. The molecule has 0 unspecified atom stereocenters. The quantitative estimate of drug-likeness (QED) is 0.774. The molecule has 1 aromatic heterocycles. The maximum absolute atomic E-state index is 13.6. The van der Waals surface area contributed by atoms with Crippen molar-refractivity contribution in [1.82, 2.24) is 9.47 Å². The van der Waals surface area contributed by atoms with Gasteiger partial charge in [-0.3, -0.25) is 0 Å². The maximum Gasteiger partial charge on any atom is 0.410 e. The van der Waals surface area contributed by atoms with E-state index < -0.39 is 5.60 Å². The third-order valence-electron chi connectivity index (χ3n) is 4.57. The molecule has 1 aliphatic heterocycles. The Bertz CT molecular complexity index is 753. The molecule has 1 aromatic carbocycles. The predicted octanol–water partition coefficient (Wildman–Crippen LogP) is 4.43. The Hall–Kier alpha value is -2.04. The number of amides is 1. The number of hydrogen-bond donors (Lipinski definition) is 0. The Kier molecular flexibility index (Phi) is 4.28. The van der Waals surface area contributed by atoms with E-state index in [1.54, 1.807) is 11.0 Å². The summed E-state index contributed by atoms with van der Waals surface area (Å²) in [4.78, 5) is 13.9. The third kappa shape index (κ3) is 3.40. The van der Waals surface area contributed by atoms with Crippen molar-refractivity contribution in [1.29, 1.82) is 0 Å². The molecule has 1 aliphatic rings. The number of nitrogens with zero attached hydrogens (tertiary/aromatic N) is 2. The highest BCUT2D eigenvalue weighted by Gasteiger charge is 2.28. The number of rotatable bonds is 1. The van der Waals surface area contributed by atoms with E-state index in [4.69, 9.17) is 4.74 Å². The lowest BCUT2D eigenvalue weighted by atomic mass is 9.89. The fraction of sp³-hybridized carbons (Fsp3) is 0.526. The lowest BCUT2D eigenvalue weighted by Crippen LogP contribution is -2.41. The van der Waals surface area contributed by atoms with Crippen molar-refractivity contribution in [3.05, 3.63) is 35.8 Å². The molecule has 130 valence electrons. The molecule has 1 fully saturated rings. The molecular formula is C19H25FN2O2. The fourth-order valence-electron chi connectivity index (χ4n) is 3.42. The first-order chi connectivity index (χ1) is 11.2. The third-order valence-corrected chi connectivity index (χ3v) is 4.57. The van der Waals surface area contributed by atoms with Crippen molar-refractivity contribution in [3.8, 4) is 0 Å². The minimum Gasteiger partial charge on any atom is -0.444 e. The standard InChI is InChI=1S/C19H25FN2O2/c1-19(2,3)24-18(23)22-9-7-13(8-10-22)16-12-21(4)17-6-5-14(20)11-15(16)17/h5-6,11-13H,7-10H2,1-4H3. The number of carbonyl (C=O) groups excluding carboxylic acids is 1. The minimum atomic E-state index is -0.471. The van der Waals surface area contributed by atoms with Gasteiger partial charge in [-0.25, -0.2) is 9.18 Å². The van der Waals surface area contributed by atoms with E-state index in [9.17, 15) is 9.18 Å². The zero-order chi connectivity index (χ0) is 17.5. The van der Waals surface area contributed by atoms with Gasteiger partial charge in [0.1, 0.15) is 11.4 Å². The Morgan fingerprint density at radius 2 is 1.92 bits per heavy atom. The van der Waals surface area contributed by atoms with Crippen molar-refractivity contribution < 1.29 is 13.9 Å². The van der Waals surface area contributed by atoms with Crippen molar-refractivity contribution >= 4 is 17.0 Å². The predicted molar refractivity (Wildman–Crippen MR) is 92.7 cm³/mol. The Labute approximate surface area is 142 Å². The summed E-state index contributed by atoms with van der Waals surface area (Å²) in [7, 11) is 1.99. The fourth-order valence-corrected chi connectivity index (χ4v) is 3.42. The van der Waals surface area contributed by atoms with Crippen LogP contribution in [0, 0.1) is 5.82 Å². The number of fused-ring (bicyclic) bond motifs is 1. The summed E-state index contributed by atoms with van der Waals surface area (Å²) < 4.78 is 21.1. The molecule has 2 aromatic rings. The van der Waals surface area contributed by atoms with Crippen LogP contribution in [0.5, 0.6) is 0 Å². The van der Waals surface area contributed by atoms with E-state index in [1.165, 1.54) is 11.6 Å². The van der Waals surface area contributed by atoms with Gasteiger partial charge in [0.15, 0.2) is 0 Å². The molecule has 0 spiro atoms. The van der Waals surface area contributed by atoms with Gasteiger partial charge in [0.25, 0.3) is 0 Å². The molecule has 5 heteroatoms. The average molecular weight is 332 g/mol. The molecule has 1 amide bonds. The van der Waals surface area contributed by atoms with Gasteiger partial charge in [-0.2, -0.15) is 0 Å². The van der Waals surface area contributed by atoms with Gasteiger partial charge < -0.3 is 14.2 Å². The number of halogens is 1. The smallest absolute Gasteiger partial charge is 0.410 e. The van der Waals surface area contributed by atoms with E-state index in [-0.39, 0.29) is 11.9 Å². The first-order valence-corrected chi connectivity index (χ1v) is 8.47. The largest absolute Gasteiger partial charge is 0.444 e. The highest BCUT2D eigenvalue weighted by Crippen LogP contribution is 2.34. The van der Waals surface area contributed by atoms with Crippen LogP contribution in [0.1, 0.15) is 45.1 Å². The van der Waals surface area contributed by atoms with Gasteiger partial charge in [-0.15, -0.1) is 0 Å². The summed E-state index contributed by atoms with van der Waals surface area (Å²) in [6.45, 7) is 6.98. The van der Waals surface area contributed by atoms with Gasteiger partial charge in [-0.05, 0) is 63.3 Å². The number of piperidine rings is 1. The summed E-state index contributed by atoms with van der Waals surface area (Å²) in [5, 5.41) is 0.980. The number of aryl methyl sites for hydroxylation is 1. The van der Waals surface area contributed by atoms with Crippen molar-refractivity contribution in [3.63, 3.8) is 0 Å². The van der Waals surface area contributed by atoms with E-state index >= 15 is 0 Å². The minimum absolute atomic E-state index is 0.207. The van der Waals surface area contributed by atoms with Gasteiger partial charge in [0, 0.05) is 37.2 Å². The second kappa shape index (κ2) is 6.11. The monoisotopic (exact) mass is 332 g/mol. The second-order valence-electron chi connectivity index (χ2n) is 7.60. The highest BCUT2D eigenvalue weighted by atomic mass is 19.1. The number of likely N-dealkylation sites (tertiary alicyclic amines) is 1. The number of carbonyl (C=O) groups is 1. The number of benzene rings is 1. The van der Waals surface area contributed by atoms with Crippen LogP contribution in [-0.2, 0) is 11.8 Å². The van der Waals surface area contributed by atoms with Gasteiger partial charge in [-0.1, -0.05) is 0 Å². The van der Waals surface area contributed by atoms with Crippen LogP contribution in [0.15, 0.2) is 24.4 Å². The SMILES string of the molecule is Cn1cc(C2CCN(C(=O)OC(C)(C)C)CC2)c2cc(F)ccc21. The zero-order valence-corrected chi connectivity index (χ0v) is 14.8. The molecule has 0 bridgehead atoms. The van der Waals surface area contributed by atoms with Crippen LogP contribution in [-0.4, -0.2) is 34.3 Å². The summed E-state index contributed by atoms with van der Waals surface area (Å²) >= 11 is 0. The van der Waals surface area contributed by atoms with E-state index in [0.717, 1.165) is 23.7 Å². The molecule has 0 radical (unpaired) electrons. The average Bonchev–Trinajstić information content (AvgIpc) is 2.82. The Morgan fingerprint density at radius 1 is 1.25 bits per heavy atom. The summed E-state index contributed by atoms with van der Waals surface area (Å²) in [5.74, 6) is 0.135. The second-order valence-corrected chi connectivity index (χ2v) is 7.60. The molecule has 4 nitrogen and oxygen atoms in total. The van der Waals surface area contributed by atoms with Crippen LogP contribution in [0.2, 0.25) is 0 Å². The molecule has 0 aliphatic carbocycles. The first-order valence-electron chi connectivity index (χ1n) is 8.47. The van der Waals surface area contributed by atoms with Crippen molar-refractivity contribution in [2.75, 3.05) is 13.1 Å². The topological polar surface area (TPSA) is 34.5 Å². The van der Waals surface area contributed by atoms with Crippen LogP contribution in [0.3, 0.4) is 0 Å². The summed E-state index contributed by atoms with van der Waals surface area (Å²) in [5.41, 5.74) is 1.75. The Balaban J connectivity index is 1.73. The summed E-state index contributed by atoms with van der Waals surface area (Å²) in [6.07, 6.45) is 3.59. The van der Waals surface area contributed by atoms with E-state index in [2.05, 4.69) is 6.20 Å². The van der Waals surface area contributed by atoms with Crippen LogP contribution in [0.25, 0.3) is 10.9 Å². The highest BCUT2D eigenvalue weighted by molar-refractivity contribution is 5.84. The van der Waals surface area contributed by atoms with Crippen LogP contribution >= 0.6 is 0 Å². The number of ether oxygens (including phenoxy) is 1. The lowest BCUT2D eigenvalue weighted by Gasteiger charge is -2.33. The lowest BCUT2D eigenvalue weighted by molar-refractivity contribution is 0.0205. The molecule has 1 saturated heterocycles. The number of hydrogen-bond acceptors (Lipinski definition) is 2. The van der Waals surface area contributed by atoms with Gasteiger partial charge in [0.05, 0.1) is 0 Å². The first kappa shape index (κ1) is 16.8. The van der Waals surface area contributed by atoms with Crippen LogP contribution in [0.4, 0.5) is 9.18 Å². The molecule has 3 rings (SSSR count). The molecule has 0 atom stereocenters. The van der Waals surface area contributed by atoms with Gasteiger partial charge >= 0.3 is 6.09 Å². The van der Waals surface area contributed by atoms with Crippen molar-refractivity contribution in [2.45, 2.75) is 45.1 Å². The van der Waals surface area contributed by atoms with E-state index in [0.29, 0.717) is 19.0 Å². The Morgan fingerprint density at radius 3 is 2.54 bits per heavy atom. The molecule has 24 heavy (non-hydrogen) atoms.